The van der Waals surface area contributed by atoms with Gasteiger partial charge in [0.15, 0.2) is 0 Å². The zero-order chi connectivity index (χ0) is 49.3. The fourth-order valence-electron chi connectivity index (χ4n) is 9.73. The molecule has 5 heteroatoms. The molecule has 1 amide bonds. The summed E-state index contributed by atoms with van der Waals surface area (Å²) >= 11 is 0. The number of carbonyl (C=O) groups excluding carboxylic acids is 1. The second-order valence-corrected chi connectivity index (χ2v) is 21.3. The van der Waals surface area contributed by atoms with Gasteiger partial charge in [0.05, 0.1) is 31.3 Å². The van der Waals surface area contributed by atoms with E-state index in [1.165, 1.54) is 270 Å². The number of amides is 1. The minimum absolute atomic E-state index is 0.00589. The maximum atomic E-state index is 12.5. The van der Waals surface area contributed by atoms with E-state index in [0.29, 0.717) is 6.42 Å². The van der Waals surface area contributed by atoms with E-state index in [4.69, 9.17) is 0 Å². The summed E-state index contributed by atoms with van der Waals surface area (Å²) in [5, 5.41) is 33.5. The zero-order valence-electron chi connectivity index (χ0n) is 46.0. The molecule has 0 aliphatic heterocycles. The third kappa shape index (κ3) is 53.9. The first-order chi connectivity index (χ1) is 33.5. The molecule has 0 bridgehead atoms. The molecule has 5 nitrogen and oxygen atoms in total. The molecule has 0 aliphatic carbocycles. The van der Waals surface area contributed by atoms with Crippen LogP contribution >= 0.6 is 0 Å². The van der Waals surface area contributed by atoms with E-state index >= 15 is 0 Å². The molecule has 0 aromatic carbocycles. The first-order valence-electron chi connectivity index (χ1n) is 30.8. The van der Waals surface area contributed by atoms with E-state index < -0.39 is 18.2 Å². The van der Waals surface area contributed by atoms with Gasteiger partial charge in [-0.25, -0.2) is 0 Å². The standard InChI is InChI=1S/C63H121NO4/c1-3-5-7-9-11-13-15-17-19-21-23-25-27-29-30-31-33-34-36-38-40-42-44-46-48-50-52-54-56-60(66)58-63(68)64-61(59-65)62(67)57-55-53-51-49-47-45-43-41-39-37-35-32-28-26-24-22-20-18-16-14-12-10-8-6-4-2/h39,41,47,49,55,57,60-62,65-67H,3-38,40,42-46,48,50-54,56,58-59H2,1-2H3,(H,64,68)/b41-39+,49-47+,57-55+. The number of hydrogen-bond donors (Lipinski definition) is 4. The highest BCUT2D eigenvalue weighted by Crippen LogP contribution is 2.18. The Bertz CT molecular complexity index is 1060. The summed E-state index contributed by atoms with van der Waals surface area (Å²) in [5.74, 6) is -0.323. The highest BCUT2D eigenvalue weighted by molar-refractivity contribution is 5.76. The van der Waals surface area contributed by atoms with Gasteiger partial charge in [-0.1, -0.05) is 320 Å². The van der Waals surface area contributed by atoms with Crippen LogP contribution in [-0.2, 0) is 4.79 Å². The third-order valence-corrected chi connectivity index (χ3v) is 14.4. The zero-order valence-corrected chi connectivity index (χ0v) is 46.0. The Hall–Kier alpha value is -1.43. The molecule has 0 saturated heterocycles. The molecular weight excluding hydrogens is 835 g/mol. The van der Waals surface area contributed by atoms with Crippen molar-refractivity contribution >= 4 is 5.91 Å². The summed E-state index contributed by atoms with van der Waals surface area (Å²) in [6.45, 7) is 4.24. The maximum absolute atomic E-state index is 12.5. The van der Waals surface area contributed by atoms with Crippen LogP contribution in [0.5, 0.6) is 0 Å². The minimum Gasteiger partial charge on any atom is -0.394 e. The van der Waals surface area contributed by atoms with Crippen molar-refractivity contribution in [3.63, 3.8) is 0 Å². The second-order valence-electron chi connectivity index (χ2n) is 21.3. The summed E-state index contributed by atoms with van der Waals surface area (Å²) in [7, 11) is 0. The molecule has 0 aromatic rings. The van der Waals surface area contributed by atoms with E-state index in [9.17, 15) is 20.1 Å². The van der Waals surface area contributed by atoms with E-state index in [0.717, 1.165) is 38.5 Å². The fraction of sp³-hybridized carbons (Fsp3) is 0.889. The Morgan fingerprint density at radius 1 is 0.368 bits per heavy atom. The number of unbranched alkanes of at least 4 members (excludes halogenated alkanes) is 44. The van der Waals surface area contributed by atoms with E-state index in [2.05, 4.69) is 43.5 Å². The normalized spacial score (nSPS) is 13.4. The molecule has 4 N–H and O–H groups in total. The van der Waals surface area contributed by atoms with Crippen molar-refractivity contribution in [1.82, 2.24) is 5.32 Å². The van der Waals surface area contributed by atoms with E-state index in [-0.39, 0.29) is 18.9 Å². The Kier molecular flexibility index (Phi) is 56.9. The van der Waals surface area contributed by atoms with Crippen molar-refractivity contribution < 1.29 is 20.1 Å². The van der Waals surface area contributed by atoms with Crippen molar-refractivity contribution in [2.24, 2.45) is 0 Å². The Morgan fingerprint density at radius 2 is 0.632 bits per heavy atom. The molecule has 3 unspecified atom stereocenters. The number of nitrogens with one attached hydrogen (secondary N) is 1. The van der Waals surface area contributed by atoms with Crippen molar-refractivity contribution in [2.75, 3.05) is 6.61 Å². The van der Waals surface area contributed by atoms with Crippen LogP contribution in [0.2, 0.25) is 0 Å². The predicted octanol–water partition coefficient (Wildman–Crippen LogP) is 19.4. The monoisotopic (exact) mass is 956 g/mol. The Balaban J connectivity index is 3.57. The predicted molar refractivity (Wildman–Crippen MR) is 301 cm³/mol. The molecule has 0 fully saturated rings. The van der Waals surface area contributed by atoms with Crippen molar-refractivity contribution in [2.45, 2.75) is 353 Å². The van der Waals surface area contributed by atoms with Crippen molar-refractivity contribution in [3.05, 3.63) is 36.5 Å². The van der Waals surface area contributed by atoms with Gasteiger partial charge in [0, 0.05) is 0 Å². The lowest BCUT2D eigenvalue weighted by Crippen LogP contribution is -2.45. The van der Waals surface area contributed by atoms with Crippen LogP contribution in [0.25, 0.3) is 0 Å². The van der Waals surface area contributed by atoms with E-state index in [1.54, 1.807) is 6.08 Å². The molecule has 0 saturated carbocycles. The maximum Gasteiger partial charge on any atom is 0.222 e. The molecule has 402 valence electrons. The van der Waals surface area contributed by atoms with Crippen LogP contribution in [0.4, 0.5) is 0 Å². The summed E-state index contributed by atoms with van der Waals surface area (Å²) in [6, 6.07) is -0.767. The highest BCUT2D eigenvalue weighted by atomic mass is 16.3. The number of carbonyl (C=O) groups is 1. The fourth-order valence-corrected chi connectivity index (χ4v) is 9.73. The smallest absolute Gasteiger partial charge is 0.222 e. The largest absolute Gasteiger partial charge is 0.394 e. The van der Waals surface area contributed by atoms with Gasteiger partial charge in [0.2, 0.25) is 5.91 Å². The lowest BCUT2D eigenvalue weighted by atomic mass is 10.0. The molecule has 0 rings (SSSR count). The van der Waals surface area contributed by atoms with Crippen LogP contribution in [-0.4, -0.2) is 46.1 Å². The number of aliphatic hydroxyl groups excluding tert-OH is 3. The lowest BCUT2D eigenvalue weighted by Gasteiger charge is -2.21. The lowest BCUT2D eigenvalue weighted by molar-refractivity contribution is -0.124. The molecule has 3 atom stereocenters. The number of aliphatic hydroxyl groups is 3. The van der Waals surface area contributed by atoms with Crippen LogP contribution in [0, 0.1) is 0 Å². The first-order valence-corrected chi connectivity index (χ1v) is 30.8. The van der Waals surface area contributed by atoms with Gasteiger partial charge in [0.1, 0.15) is 0 Å². The topological polar surface area (TPSA) is 89.8 Å². The van der Waals surface area contributed by atoms with Crippen LogP contribution in [0.15, 0.2) is 36.5 Å². The Morgan fingerprint density at radius 3 is 0.941 bits per heavy atom. The van der Waals surface area contributed by atoms with Gasteiger partial charge in [-0.05, 0) is 44.9 Å². The van der Waals surface area contributed by atoms with Crippen LogP contribution in [0.1, 0.15) is 335 Å². The summed E-state index contributed by atoms with van der Waals surface area (Å²) in [6.07, 6.45) is 76.5. The van der Waals surface area contributed by atoms with Gasteiger partial charge >= 0.3 is 0 Å². The minimum atomic E-state index is -0.960. The average Bonchev–Trinajstić information content (AvgIpc) is 3.33. The van der Waals surface area contributed by atoms with Crippen LogP contribution in [0.3, 0.4) is 0 Å². The summed E-state index contributed by atoms with van der Waals surface area (Å²) < 4.78 is 0. The molecule has 0 spiro atoms. The van der Waals surface area contributed by atoms with Crippen molar-refractivity contribution in [1.29, 1.82) is 0 Å². The molecule has 0 radical (unpaired) electrons. The SMILES string of the molecule is CCCCCCCCCCCCCCCCC/C=C/CC/C=C/CC/C=C/C(O)C(CO)NC(=O)CC(O)CCCCCCCCCCCCCCCCCCCCCCCCCCCCCC. The number of rotatable bonds is 57. The third-order valence-electron chi connectivity index (χ3n) is 14.4. The number of allylic oxidation sites excluding steroid dienone is 5. The quantitative estimate of drug-likeness (QED) is 0.0361. The molecule has 0 heterocycles. The molecule has 0 aliphatic rings. The van der Waals surface area contributed by atoms with Gasteiger partial charge in [0.25, 0.3) is 0 Å². The van der Waals surface area contributed by atoms with Gasteiger partial charge < -0.3 is 20.6 Å². The average molecular weight is 957 g/mol. The molecule has 68 heavy (non-hydrogen) atoms. The van der Waals surface area contributed by atoms with Gasteiger partial charge in [-0.15, -0.1) is 0 Å². The summed E-state index contributed by atoms with van der Waals surface area (Å²) in [5.41, 5.74) is 0. The summed E-state index contributed by atoms with van der Waals surface area (Å²) in [4.78, 5) is 12.5. The van der Waals surface area contributed by atoms with E-state index in [1.807, 2.05) is 6.08 Å². The van der Waals surface area contributed by atoms with Gasteiger partial charge in [-0.3, -0.25) is 4.79 Å². The Labute approximate surface area is 425 Å². The molecule has 0 aromatic heterocycles. The highest BCUT2D eigenvalue weighted by Gasteiger charge is 2.20. The first kappa shape index (κ1) is 66.6. The van der Waals surface area contributed by atoms with Crippen LogP contribution < -0.4 is 5.32 Å². The second kappa shape index (κ2) is 58.1. The van der Waals surface area contributed by atoms with Gasteiger partial charge in [-0.2, -0.15) is 0 Å². The molecular formula is C63H121NO4. The number of hydrogen-bond acceptors (Lipinski definition) is 4. The van der Waals surface area contributed by atoms with Crippen molar-refractivity contribution in [3.8, 4) is 0 Å².